The van der Waals surface area contributed by atoms with Crippen LogP contribution in [0, 0.1) is 0 Å². The van der Waals surface area contributed by atoms with Crippen LogP contribution >= 0.6 is 23.4 Å². The second-order valence-electron chi connectivity index (χ2n) is 6.56. The van der Waals surface area contributed by atoms with Crippen molar-refractivity contribution in [2.45, 2.75) is 4.90 Å². The van der Waals surface area contributed by atoms with E-state index >= 15 is 0 Å². The number of carbonyl (C=O) groups excluding carboxylic acids is 1. The number of thioether (sulfide) groups is 1. The maximum Gasteiger partial charge on any atom is 0.338 e. The molecule has 6 heteroatoms. The number of ether oxygens (including phenoxy) is 1. The highest BCUT2D eigenvalue weighted by Gasteiger charge is 2.16. The van der Waals surface area contributed by atoms with Crippen molar-refractivity contribution in [3.05, 3.63) is 99.8 Å². The number of carbonyl (C=O) groups is 1. The Morgan fingerprint density at radius 1 is 0.967 bits per heavy atom. The first-order chi connectivity index (χ1) is 14.6. The van der Waals surface area contributed by atoms with Crippen LogP contribution in [0.2, 0.25) is 5.02 Å². The number of fused-ring (bicyclic) bond motifs is 1. The van der Waals surface area contributed by atoms with E-state index in [-0.39, 0.29) is 18.1 Å². The molecule has 0 aliphatic carbocycles. The Hall–Kier alpha value is -3.02. The van der Waals surface area contributed by atoms with Crippen molar-refractivity contribution in [2.75, 3.05) is 12.4 Å². The summed E-state index contributed by atoms with van der Waals surface area (Å²) in [5.74, 6) is 0.0757. The van der Waals surface area contributed by atoms with Crippen LogP contribution in [0.15, 0.2) is 88.6 Å². The van der Waals surface area contributed by atoms with E-state index in [9.17, 15) is 9.59 Å². The number of rotatable bonds is 6. The summed E-state index contributed by atoms with van der Waals surface area (Å²) in [6.45, 7) is 0.194. The van der Waals surface area contributed by atoms with Gasteiger partial charge in [0, 0.05) is 27.2 Å². The van der Waals surface area contributed by atoms with Crippen molar-refractivity contribution >= 4 is 40.2 Å². The Morgan fingerprint density at radius 3 is 2.40 bits per heavy atom. The second kappa shape index (κ2) is 9.20. The third kappa shape index (κ3) is 4.42. The number of nitrogens with one attached hydrogen (secondary N) is 1. The quantitative estimate of drug-likeness (QED) is 0.236. The Bertz CT molecular complexity index is 1240. The molecule has 3 aromatic carbocycles. The standard InChI is InChI=1S/C24H18ClNO3S/c25-18-11-12-20-19(15-18)21(16-7-3-1-4-8-16)22(23(27)26-20)30-14-13-29-24(28)17-9-5-2-6-10-17/h1-12,15H,13-14H2,(H,26,27). The Balaban J connectivity index is 1.61. The van der Waals surface area contributed by atoms with Gasteiger partial charge in [-0.3, -0.25) is 4.79 Å². The number of hydrogen-bond donors (Lipinski definition) is 1. The Labute approximate surface area is 182 Å². The predicted octanol–water partition coefficient (Wildman–Crippen LogP) is 5.80. The SMILES string of the molecule is O=C(OCCSc1c(-c2ccccc2)c2cc(Cl)ccc2[nH]c1=O)c1ccccc1. The van der Waals surface area contributed by atoms with Crippen molar-refractivity contribution < 1.29 is 9.53 Å². The van der Waals surface area contributed by atoms with Crippen molar-refractivity contribution in [3.63, 3.8) is 0 Å². The highest BCUT2D eigenvalue weighted by atomic mass is 35.5. The lowest BCUT2D eigenvalue weighted by atomic mass is 10.0. The van der Waals surface area contributed by atoms with Crippen LogP contribution in [-0.2, 0) is 4.74 Å². The Kier molecular flexibility index (Phi) is 6.21. The number of halogens is 1. The monoisotopic (exact) mass is 435 g/mol. The minimum Gasteiger partial charge on any atom is -0.461 e. The van der Waals surface area contributed by atoms with E-state index in [4.69, 9.17) is 16.3 Å². The van der Waals surface area contributed by atoms with Crippen LogP contribution in [-0.4, -0.2) is 23.3 Å². The average Bonchev–Trinajstić information content (AvgIpc) is 2.78. The molecule has 4 nitrogen and oxygen atoms in total. The van der Waals surface area contributed by atoms with E-state index in [0.29, 0.717) is 21.2 Å². The molecule has 0 atom stereocenters. The van der Waals surface area contributed by atoms with E-state index in [1.165, 1.54) is 11.8 Å². The number of aromatic amines is 1. The molecule has 1 N–H and O–H groups in total. The molecule has 1 heterocycles. The van der Waals surface area contributed by atoms with Gasteiger partial charge in [-0.15, -0.1) is 11.8 Å². The van der Waals surface area contributed by atoms with Gasteiger partial charge in [-0.05, 0) is 35.9 Å². The number of aromatic nitrogens is 1. The number of hydrogen-bond acceptors (Lipinski definition) is 4. The van der Waals surface area contributed by atoms with Crippen LogP contribution in [0.25, 0.3) is 22.0 Å². The summed E-state index contributed by atoms with van der Waals surface area (Å²) in [7, 11) is 0. The molecule has 150 valence electrons. The molecular formula is C24H18ClNO3S. The van der Waals surface area contributed by atoms with Crippen molar-refractivity contribution in [2.24, 2.45) is 0 Å². The number of H-pyrrole nitrogens is 1. The second-order valence-corrected chi connectivity index (χ2v) is 8.11. The van der Waals surface area contributed by atoms with Crippen LogP contribution in [0.4, 0.5) is 0 Å². The molecule has 0 aliphatic heterocycles. The smallest absolute Gasteiger partial charge is 0.338 e. The fourth-order valence-corrected chi connectivity index (χ4v) is 4.31. The van der Waals surface area contributed by atoms with Crippen LogP contribution in [0.3, 0.4) is 0 Å². The van der Waals surface area contributed by atoms with Crippen LogP contribution in [0.1, 0.15) is 10.4 Å². The molecular weight excluding hydrogens is 418 g/mol. The zero-order valence-corrected chi connectivity index (χ0v) is 17.5. The molecule has 0 amide bonds. The fraction of sp³-hybridized carbons (Fsp3) is 0.0833. The number of benzene rings is 3. The molecule has 4 rings (SSSR count). The highest BCUT2D eigenvalue weighted by Crippen LogP contribution is 2.35. The first-order valence-electron chi connectivity index (χ1n) is 9.39. The van der Waals surface area contributed by atoms with Gasteiger partial charge in [0.05, 0.1) is 10.5 Å². The summed E-state index contributed by atoms with van der Waals surface area (Å²) >= 11 is 7.60. The minimum absolute atomic E-state index is 0.178. The minimum atomic E-state index is -0.376. The van der Waals surface area contributed by atoms with Gasteiger partial charge < -0.3 is 9.72 Å². The lowest BCUT2D eigenvalue weighted by Gasteiger charge is -2.13. The van der Waals surface area contributed by atoms with Gasteiger partial charge in [0.1, 0.15) is 6.61 Å². The summed E-state index contributed by atoms with van der Waals surface area (Å²) in [6.07, 6.45) is 0. The van der Waals surface area contributed by atoms with Gasteiger partial charge in [0.25, 0.3) is 5.56 Å². The lowest BCUT2D eigenvalue weighted by molar-refractivity contribution is 0.0530. The van der Waals surface area contributed by atoms with Gasteiger partial charge in [0.15, 0.2) is 0 Å². The average molecular weight is 436 g/mol. The third-order valence-electron chi connectivity index (χ3n) is 4.57. The normalized spacial score (nSPS) is 10.8. The summed E-state index contributed by atoms with van der Waals surface area (Å²) in [5, 5.41) is 1.47. The van der Waals surface area contributed by atoms with E-state index in [2.05, 4.69) is 4.98 Å². The van der Waals surface area contributed by atoms with Gasteiger partial charge in [0.2, 0.25) is 0 Å². The largest absolute Gasteiger partial charge is 0.461 e. The van der Waals surface area contributed by atoms with Gasteiger partial charge >= 0.3 is 5.97 Å². The molecule has 0 fully saturated rings. The molecule has 4 aromatic rings. The van der Waals surface area contributed by atoms with E-state index in [1.807, 2.05) is 48.5 Å². The number of pyridine rings is 1. The molecule has 30 heavy (non-hydrogen) atoms. The molecule has 0 bridgehead atoms. The first-order valence-corrected chi connectivity index (χ1v) is 10.8. The molecule has 0 aliphatic rings. The van der Waals surface area contributed by atoms with Crippen LogP contribution < -0.4 is 5.56 Å². The topological polar surface area (TPSA) is 59.2 Å². The summed E-state index contributed by atoms with van der Waals surface area (Å²) in [5.41, 5.74) is 2.81. The van der Waals surface area contributed by atoms with Crippen molar-refractivity contribution in [1.82, 2.24) is 4.98 Å². The third-order valence-corrected chi connectivity index (χ3v) is 5.85. The zero-order valence-electron chi connectivity index (χ0n) is 15.9. The Morgan fingerprint density at radius 2 is 1.67 bits per heavy atom. The molecule has 0 unspecified atom stereocenters. The summed E-state index contributed by atoms with van der Waals surface area (Å²) in [6, 6.07) is 24.0. The maximum atomic E-state index is 12.8. The first kappa shape index (κ1) is 20.3. The summed E-state index contributed by atoms with van der Waals surface area (Å²) < 4.78 is 5.35. The predicted molar refractivity (Wildman–Crippen MR) is 122 cm³/mol. The molecule has 0 saturated heterocycles. The fourth-order valence-electron chi connectivity index (χ4n) is 3.21. The lowest BCUT2D eigenvalue weighted by Crippen LogP contribution is -2.12. The van der Waals surface area contributed by atoms with Gasteiger partial charge in [-0.25, -0.2) is 4.79 Å². The number of esters is 1. The van der Waals surface area contributed by atoms with Crippen LogP contribution in [0.5, 0.6) is 0 Å². The molecule has 1 aromatic heterocycles. The van der Waals surface area contributed by atoms with Gasteiger partial charge in [-0.1, -0.05) is 60.1 Å². The van der Waals surface area contributed by atoms with Gasteiger partial charge in [-0.2, -0.15) is 0 Å². The molecule has 0 radical (unpaired) electrons. The van der Waals surface area contributed by atoms with E-state index in [1.54, 1.807) is 30.3 Å². The molecule has 0 saturated carbocycles. The summed E-state index contributed by atoms with van der Waals surface area (Å²) in [4.78, 5) is 28.5. The van der Waals surface area contributed by atoms with E-state index in [0.717, 1.165) is 22.0 Å². The van der Waals surface area contributed by atoms with Crippen molar-refractivity contribution in [1.29, 1.82) is 0 Å². The van der Waals surface area contributed by atoms with Crippen molar-refractivity contribution in [3.8, 4) is 11.1 Å². The highest BCUT2D eigenvalue weighted by molar-refractivity contribution is 7.99. The maximum absolute atomic E-state index is 12.8. The molecule has 0 spiro atoms. The zero-order chi connectivity index (χ0) is 20.9. The van der Waals surface area contributed by atoms with E-state index < -0.39 is 0 Å².